The summed E-state index contributed by atoms with van der Waals surface area (Å²) >= 11 is 0. The Morgan fingerprint density at radius 2 is 2.06 bits per heavy atom. The van der Waals surface area contributed by atoms with Crippen molar-refractivity contribution < 1.29 is 12.8 Å². The second kappa shape index (κ2) is 4.93. The van der Waals surface area contributed by atoms with Crippen molar-refractivity contribution >= 4 is 9.84 Å². The largest absolute Gasteiger partial charge is 0.327 e. The molecular formula is C11H16FNO2S. The number of rotatable bonds is 4. The van der Waals surface area contributed by atoms with Crippen LogP contribution in [0.4, 0.5) is 4.39 Å². The highest BCUT2D eigenvalue weighted by Gasteiger charge is 2.15. The maximum absolute atomic E-state index is 13.0. The number of halogens is 1. The molecule has 1 rings (SSSR count). The molecule has 1 unspecified atom stereocenters. The first kappa shape index (κ1) is 13.1. The molecule has 0 radical (unpaired) electrons. The molecule has 1 aromatic rings. The van der Waals surface area contributed by atoms with Gasteiger partial charge in [0.2, 0.25) is 0 Å². The third-order valence-corrected chi connectivity index (χ3v) is 3.99. The van der Waals surface area contributed by atoms with E-state index in [1.807, 2.05) is 0 Å². The van der Waals surface area contributed by atoms with Gasteiger partial charge in [0.05, 0.1) is 11.5 Å². The average molecular weight is 245 g/mol. The smallest absolute Gasteiger partial charge is 0.155 e. The molecule has 0 spiro atoms. The maximum atomic E-state index is 13.0. The quantitative estimate of drug-likeness (QED) is 0.872. The fourth-order valence-corrected chi connectivity index (χ4v) is 3.20. The van der Waals surface area contributed by atoms with Gasteiger partial charge in [-0.15, -0.1) is 0 Å². The average Bonchev–Trinajstić information content (AvgIpc) is 2.08. The van der Waals surface area contributed by atoms with Crippen molar-refractivity contribution in [3.63, 3.8) is 0 Å². The van der Waals surface area contributed by atoms with Crippen molar-refractivity contribution in [2.45, 2.75) is 25.6 Å². The van der Waals surface area contributed by atoms with Crippen LogP contribution in [0, 0.1) is 12.7 Å². The summed E-state index contributed by atoms with van der Waals surface area (Å²) < 4.78 is 36.3. The van der Waals surface area contributed by atoms with Crippen LogP contribution in [0.25, 0.3) is 0 Å². The minimum Gasteiger partial charge on any atom is -0.327 e. The van der Waals surface area contributed by atoms with Gasteiger partial charge in [0.15, 0.2) is 9.84 Å². The van der Waals surface area contributed by atoms with Crippen LogP contribution in [0.2, 0.25) is 0 Å². The lowest BCUT2D eigenvalue weighted by Crippen LogP contribution is -2.27. The molecule has 2 N–H and O–H groups in total. The van der Waals surface area contributed by atoms with Gasteiger partial charge < -0.3 is 5.73 Å². The molecule has 0 aliphatic heterocycles. The zero-order valence-electron chi connectivity index (χ0n) is 9.40. The van der Waals surface area contributed by atoms with Crippen LogP contribution in [0.5, 0.6) is 0 Å². The van der Waals surface area contributed by atoms with Crippen molar-refractivity contribution in [2.24, 2.45) is 5.73 Å². The van der Waals surface area contributed by atoms with E-state index >= 15 is 0 Å². The van der Waals surface area contributed by atoms with Crippen molar-refractivity contribution in [1.29, 1.82) is 0 Å². The predicted octanol–water partition coefficient (Wildman–Crippen LogP) is 1.40. The maximum Gasteiger partial charge on any atom is 0.155 e. The summed E-state index contributed by atoms with van der Waals surface area (Å²) in [4.78, 5) is 0. The van der Waals surface area contributed by atoms with E-state index in [0.29, 0.717) is 5.56 Å². The van der Waals surface area contributed by atoms with Crippen molar-refractivity contribution in [3.8, 4) is 0 Å². The SMILES string of the molecule is Cc1ccc(F)cc1CS(=O)(=O)CC(C)N. The first-order chi connectivity index (χ1) is 7.30. The van der Waals surface area contributed by atoms with Crippen molar-refractivity contribution in [3.05, 3.63) is 35.1 Å². The Balaban J connectivity index is 2.92. The molecule has 0 saturated carbocycles. The van der Waals surface area contributed by atoms with Crippen LogP contribution in [0.3, 0.4) is 0 Å². The molecule has 1 aromatic carbocycles. The van der Waals surface area contributed by atoms with Gasteiger partial charge in [-0.3, -0.25) is 0 Å². The third-order valence-electron chi connectivity index (χ3n) is 2.20. The molecule has 0 heterocycles. The van der Waals surface area contributed by atoms with E-state index in [2.05, 4.69) is 0 Å². The fourth-order valence-electron chi connectivity index (χ4n) is 1.49. The molecule has 3 nitrogen and oxygen atoms in total. The Kier molecular flexibility index (Phi) is 4.04. The zero-order chi connectivity index (χ0) is 12.3. The standard InChI is InChI=1S/C11H16FNO2S/c1-8-3-4-11(12)5-10(8)7-16(14,15)6-9(2)13/h3-5,9H,6-7,13H2,1-2H3. The zero-order valence-corrected chi connectivity index (χ0v) is 10.2. The summed E-state index contributed by atoms with van der Waals surface area (Å²) in [7, 11) is -3.26. The number of nitrogens with two attached hydrogens (primary N) is 1. The summed E-state index contributed by atoms with van der Waals surface area (Å²) in [5.74, 6) is -0.655. The number of hydrogen-bond donors (Lipinski definition) is 1. The molecular weight excluding hydrogens is 229 g/mol. The van der Waals surface area contributed by atoms with Gasteiger partial charge in [-0.25, -0.2) is 12.8 Å². The van der Waals surface area contributed by atoms with E-state index in [0.717, 1.165) is 5.56 Å². The minimum absolute atomic E-state index is 0.0804. The number of sulfone groups is 1. The molecule has 0 bridgehead atoms. The van der Waals surface area contributed by atoms with Gasteiger partial charge >= 0.3 is 0 Å². The molecule has 16 heavy (non-hydrogen) atoms. The normalized spacial score (nSPS) is 13.8. The van der Waals surface area contributed by atoms with Crippen LogP contribution in [0.15, 0.2) is 18.2 Å². The summed E-state index contributed by atoms with van der Waals surface area (Å²) in [6, 6.07) is 3.75. The second-order valence-corrected chi connectivity index (χ2v) is 6.21. The molecule has 0 fully saturated rings. The van der Waals surface area contributed by atoms with Crippen LogP contribution >= 0.6 is 0 Å². The van der Waals surface area contributed by atoms with Gasteiger partial charge in [0.1, 0.15) is 5.82 Å². The van der Waals surface area contributed by atoms with E-state index in [1.54, 1.807) is 19.9 Å². The topological polar surface area (TPSA) is 60.2 Å². The Labute approximate surface area is 95.4 Å². The van der Waals surface area contributed by atoms with Crippen molar-refractivity contribution in [1.82, 2.24) is 0 Å². The second-order valence-electron chi connectivity index (χ2n) is 4.10. The monoisotopic (exact) mass is 245 g/mol. The van der Waals surface area contributed by atoms with Crippen LogP contribution in [-0.4, -0.2) is 20.2 Å². The number of aryl methyl sites for hydroxylation is 1. The van der Waals surface area contributed by atoms with E-state index in [-0.39, 0.29) is 11.5 Å². The lowest BCUT2D eigenvalue weighted by atomic mass is 10.1. The van der Waals surface area contributed by atoms with Crippen molar-refractivity contribution in [2.75, 3.05) is 5.75 Å². The summed E-state index contributed by atoms with van der Waals surface area (Å²) in [6.07, 6.45) is 0. The Morgan fingerprint density at radius 3 is 2.62 bits per heavy atom. The number of hydrogen-bond acceptors (Lipinski definition) is 3. The molecule has 0 aliphatic rings. The van der Waals surface area contributed by atoms with Crippen LogP contribution < -0.4 is 5.73 Å². The molecule has 5 heteroatoms. The fraction of sp³-hybridized carbons (Fsp3) is 0.455. The van der Waals surface area contributed by atoms with Crippen LogP contribution in [-0.2, 0) is 15.6 Å². The molecule has 0 aromatic heterocycles. The van der Waals surface area contributed by atoms with Gasteiger partial charge in [-0.2, -0.15) is 0 Å². The highest BCUT2D eigenvalue weighted by molar-refractivity contribution is 7.90. The van der Waals surface area contributed by atoms with Gasteiger partial charge in [-0.1, -0.05) is 6.07 Å². The van der Waals surface area contributed by atoms with E-state index in [1.165, 1.54) is 12.1 Å². The lowest BCUT2D eigenvalue weighted by Gasteiger charge is -2.09. The summed E-state index contributed by atoms with van der Waals surface area (Å²) in [5.41, 5.74) is 6.72. The predicted molar refractivity (Wildman–Crippen MR) is 62.3 cm³/mol. The molecule has 0 aliphatic carbocycles. The lowest BCUT2D eigenvalue weighted by molar-refractivity contribution is 0.588. The molecule has 0 amide bonds. The van der Waals surface area contributed by atoms with Crippen LogP contribution in [0.1, 0.15) is 18.1 Å². The van der Waals surface area contributed by atoms with E-state index < -0.39 is 21.7 Å². The first-order valence-corrected chi connectivity index (χ1v) is 6.83. The third kappa shape index (κ3) is 3.90. The number of benzene rings is 1. The van der Waals surface area contributed by atoms with Gasteiger partial charge in [0, 0.05) is 6.04 Å². The molecule has 0 saturated heterocycles. The molecule has 1 atom stereocenters. The highest BCUT2D eigenvalue weighted by Crippen LogP contribution is 2.14. The first-order valence-electron chi connectivity index (χ1n) is 5.01. The highest BCUT2D eigenvalue weighted by atomic mass is 32.2. The minimum atomic E-state index is -3.26. The Bertz CT molecular complexity index is 469. The Hall–Kier alpha value is -0.940. The van der Waals surface area contributed by atoms with Gasteiger partial charge in [-0.05, 0) is 37.1 Å². The summed E-state index contributed by atoms with van der Waals surface area (Å²) in [5, 5.41) is 0. The summed E-state index contributed by atoms with van der Waals surface area (Å²) in [6.45, 7) is 3.39. The molecule has 90 valence electrons. The Morgan fingerprint density at radius 1 is 1.44 bits per heavy atom. The van der Waals surface area contributed by atoms with Gasteiger partial charge in [0.25, 0.3) is 0 Å². The van der Waals surface area contributed by atoms with E-state index in [9.17, 15) is 12.8 Å². The van der Waals surface area contributed by atoms with E-state index in [4.69, 9.17) is 5.73 Å².